The Balaban J connectivity index is -0.0000000277. The summed E-state index contributed by atoms with van der Waals surface area (Å²) in [6, 6.07) is 0. The molecule has 0 heterocycles. The Bertz CT molecular complexity index is 341. The van der Waals surface area contributed by atoms with Crippen LogP contribution in [0.5, 0.6) is 0 Å². The molecule has 0 bridgehead atoms. The molecule has 0 unspecified atom stereocenters. The van der Waals surface area contributed by atoms with Gasteiger partial charge in [0, 0.05) is 34.7 Å². The molecule has 0 amide bonds. The minimum Gasteiger partial charge on any atom is -0.412 e. The lowest BCUT2D eigenvalue weighted by Crippen LogP contribution is -1.89. The highest BCUT2D eigenvalue weighted by Crippen LogP contribution is 1.60. The highest BCUT2D eigenvalue weighted by atomic mass is 32.3. The van der Waals surface area contributed by atoms with Gasteiger partial charge in [0.15, 0.2) is 0 Å². The summed E-state index contributed by atoms with van der Waals surface area (Å²) < 4.78 is 94.8. The van der Waals surface area contributed by atoms with Crippen molar-refractivity contribution in [3.05, 3.63) is 0 Å². The number of rotatable bonds is 0. The summed E-state index contributed by atoms with van der Waals surface area (Å²) in [5.74, 6) is 0. The highest BCUT2D eigenvalue weighted by molar-refractivity contribution is 7.80. The lowest BCUT2D eigenvalue weighted by atomic mass is 15.8. The molecule has 0 aromatic rings. The molecule has 0 spiro atoms. The summed E-state index contributed by atoms with van der Waals surface area (Å²) in [5, 5.41) is 0. The first-order valence-corrected chi connectivity index (χ1v) is 6.29. The fraction of sp³-hybridized carbons (Fsp3) is 0. The molecule has 0 aromatic carbocycles. The van der Waals surface area contributed by atoms with Crippen molar-refractivity contribution >= 4 is 65.9 Å². The van der Waals surface area contributed by atoms with E-state index in [0.29, 0.717) is 0 Å². The average molecular weight is 366 g/mol. The molecule has 18 heavy (non-hydrogen) atoms. The first-order valence-electron chi connectivity index (χ1n) is 2.10. The van der Waals surface area contributed by atoms with E-state index in [4.69, 9.17) is 52.6 Å². The molecule has 0 aliphatic carbocycles. The molecule has 0 rings (SSSR count). The Morgan fingerprint density at radius 2 is 0.444 bits per heavy atom. The summed E-state index contributed by atoms with van der Waals surface area (Å²) in [7, 11) is -14.0. The van der Waals surface area contributed by atoms with Crippen molar-refractivity contribution in [2.24, 2.45) is 0 Å². The van der Waals surface area contributed by atoms with Crippen molar-refractivity contribution in [1.82, 2.24) is 0 Å². The molecule has 6 radical (unpaired) electrons. The molecule has 0 aliphatic heterocycles. The Hall–Kier alpha value is 0.635. The van der Waals surface area contributed by atoms with Crippen molar-refractivity contribution < 1.29 is 58.0 Å². The predicted octanol–water partition coefficient (Wildman–Crippen LogP) is -3.54. The predicted molar refractivity (Wildman–Crippen MR) is 57.7 cm³/mol. The quantitative estimate of drug-likeness (QED) is 0.180. The van der Waals surface area contributed by atoms with Gasteiger partial charge >= 0.3 is 31.2 Å². The molecule has 0 aliphatic rings. The Labute approximate surface area is 124 Å². The second-order valence-electron chi connectivity index (χ2n) is 1.34. The zero-order valence-electron chi connectivity index (χ0n) is 8.01. The third kappa shape index (κ3) is 10100. The maximum absolute atomic E-state index is 8.74. The van der Waals surface area contributed by atoms with Gasteiger partial charge in [-0.1, -0.05) is 0 Å². The van der Waals surface area contributed by atoms with Gasteiger partial charge in [0.05, 0.1) is 0 Å². The summed E-state index contributed by atoms with van der Waals surface area (Å²) in [6.07, 6.45) is 0. The van der Waals surface area contributed by atoms with Gasteiger partial charge in [-0.2, -0.15) is 25.3 Å². The normalized spacial score (nSPS) is 9.67. The van der Waals surface area contributed by atoms with E-state index < -0.39 is 31.2 Å². The van der Waals surface area contributed by atoms with Gasteiger partial charge in [0.25, 0.3) is 0 Å². The van der Waals surface area contributed by atoms with Crippen molar-refractivity contribution in [3.63, 3.8) is 0 Å². The molecule has 18 heteroatoms. The minimum atomic E-state index is -4.67. The van der Waals surface area contributed by atoms with E-state index in [9.17, 15) is 0 Å². The van der Waals surface area contributed by atoms with Crippen LogP contribution < -0.4 is 0 Å². The van der Waals surface area contributed by atoms with Crippen LogP contribution in [0.1, 0.15) is 0 Å². The van der Waals surface area contributed by atoms with Crippen LogP contribution in [0.2, 0.25) is 0 Å². The maximum atomic E-state index is 8.74. The molecule has 13 nitrogen and oxygen atoms in total. The van der Waals surface area contributed by atoms with Gasteiger partial charge in [-0.3, -0.25) is 27.3 Å². The molecule has 8 N–H and O–H groups in total. The first-order chi connectivity index (χ1) is 6.00. The Kier molecular flexibility index (Phi) is 28.3. The van der Waals surface area contributed by atoms with Crippen LogP contribution >= 0.6 is 0 Å². The third-order valence-electron chi connectivity index (χ3n) is 0. The summed E-state index contributed by atoms with van der Waals surface area (Å²) in [4.78, 5) is 0. The smallest absolute Gasteiger partial charge is 0.394 e. The largest absolute Gasteiger partial charge is 0.412 e. The molecular formula is H8Al2O13S3. The van der Waals surface area contributed by atoms with E-state index >= 15 is 0 Å². The zero-order valence-corrected chi connectivity index (χ0v) is 12.8. The van der Waals surface area contributed by atoms with Crippen LogP contribution in [0.3, 0.4) is 0 Å². The summed E-state index contributed by atoms with van der Waals surface area (Å²) in [6.45, 7) is 0. The second-order valence-corrected chi connectivity index (χ2v) is 4.03. The van der Waals surface area contributed by atoms with Crippen molar-refractivity contribution in [2.75, 3.05) is 0 Å². The topological polar surface area (TPSA) is 255 Å². The molecule has 0 atom stereocenters. The second kappa shape index (κ2) is 14.1. The SMILES string of the molecule is O.O=S(=O)(O)O.O=S(=O)(O)O.O=S(=O)(O)O.[Al].[Al]. The Morgan fingerprint density at radius 1 is 0.444 bits per heavy atom. The third-order valence-corrected chi connectivity index (χ3v) is 0. The summed E-state index contributed by atoms with van der Waals surface area (Å²) >= 11 is 0. The lowest BCUT2D eigenvalue weighted by molar-refractivity contribution is 0.378. The van der Waals surface area contributed by atoms with E-state index in [0.717, 1.165) is 0 Å². The van der Waals surface area contributed by atoms with Crippen LogP contribution in [0.4, 0.5) is 0 Å². The van der Waals surface area contributed by atoms with E-state index in [1.165, 1.54) is 0 Å². The minimum absolute atomic E-state index is 0. The maximum Gasteiger partial charge on any atom is 0.394 e. The van der Waals surface area contributed by atoms with Gasteiger partial charge in [-0.15, -0.1) is 0 Å². The molecule has 110 valence electrons. The monoisotopic (exact) mass is 366 g/mol. The highest BCUT2D eigenvalue weighted by Gasteiger charge is 1.85. The Morgan fingerprint density at radius 3 is 0.444 bits per heavy atom. The van der Waals surface area contributed by atoms with Crippen LogP contribution in [-0.2, 0) is 31.2 Å². The van der Waals surface area contributed by atoms with Gasteiger partial charge in [0.1, 0.15) is 0 Å². The van der Waals surface area contributed by atoms with Gasteiger partial charge in [-0.05, 0) is 0 Å². The first kappa shape index (κ1) is 36.3. The van der Waals surface area contributed by atoms with Crippen molar-refractivity contribution in [1.29, 1.82) is 0 Å². The lowest BCUT2D eigenvalue weighted by Gasteiger charge is -1.68. The van der Waals surface area contributed by atoms with Gasteiger partial charge in [-0.25, -0.2) is 0 Å². The fourth-order valence-electron chi connectivity index (χ4n) is 0. The van der Waals surface area contributed by atoms with E-state index in [1.54, 1.807) is 0 Å². The summed E-state index contributed by atoms with van der Waals surface area (Å²) in [5.41, 5.74) is 0. The van der Waals surface area contributed by atoms with Crippen molar-refractivity contribution in [2.45, 2.75) is 0 Å². The molecular weight excluding hydrogens is 358 g/mol. The molecule has 0 fully saturated rings. The van der Waals surface area contributed by atoms with Gasteiger partial charge < -0.3 is 5.48 Å². The van der Waals surface area contributed by atoms with Crippen LogP contribution in [0.15, 0.2) is 0 Å². The van der Waals surface area contributed by atoms with Crippen LogP contribution in [0.25, 0.3) is 0 Å². The molecule has 0 aromatic heterocycles. The molecule has 0 saturated heterocycles. The van der Waals surface area contributed by atoms with E-state index in [-0.39, 0.29) is 40.2 Å². The fourth-order valence-corrected chi connectivity index (χ4v) is 0. The standard InChI is InChI=1S/2Al.3H2O4S.H2O/c;;3*1-5(2,3)4;/h;;3*(H2,1,2,3,4);1H2. The van der Waals surface area contributed by atoms with Crippen molar-refractivity contribution in [3.8, 4) is 0 Å². The van der Waals surface area contributed by atoms with E-state index in [1.807, 2.05) is 0 Å². The van der Waals surface area contributed by atoms with Crippen LogP contribution in [0, 0.1) is 0 Å². The molecule has 0 saturated carbocycles. The van der Waals surface area contributed by atoms with E-state index in [2.05, 4.69) is 0 Å². The zero-order chi connectivity index (χ0) is 13.5. The van der Waals surface area contributed by atoms with Crippen LogP contribution in [-0.4, -0.2) is 92.8 Å². The average Bonchev–Trinajstić information content (AvgIpc) is 1.41. The number of hydrogen-bond donors (Lipinski definition) is 6. The van der Waals surface area contributed by atoms with Gasteiger partial charge in [0.2, 0.25) is 0 Å². The number of hydrogen-bond acceptors (Lipinski definition) is 6.